The number of hydrogen-bond acceptors (Lipinski definition) is 37. The maximum atomic E-state index is 15.0. The Balaban J connectivity index is 2.83. The van der Waals surface area contributed by atoms with Crippen LogP contribution in [-0.2, 0) is 133 Å². The number of ether oxygens (including phenoxy) is 2. The molecular weight excluding hydrogens is 1800 g/mol. The molecule has 2 aromatic carbocycles. The zero-order valence-corrected chi connectivity index (χ0v) is 74.0. The van der Waals surface area contributed by atoms with E-state index in [0.717, 1.165) is 0 Å². The maximum Gasteiger partial charge on any atom is 0.243 e. The van der Waals surface area contributed by atoms with Gasteiger partial charge >= 0.3 is 0 Å². The summed E-state index contributed by atoms with van der Waals surface area (Å²) in [6.45, 7) is 1.56. The van der Waals surface area contributed by atoms with Crippen molar-refractivity contribution in [2.75, 3.05) is 26.9 Å². The molecule has 0 aliphatic carbocycles. The fourth-order valence-corrected chi connectivity index (χ4v) is 13.8. The molecule has 0 spiro atoms. The van der Waals surface area contributed by atoms with Gasteiger partial charge in [-0.3, -0.25) is 158 Å². The Bertz CT molecular complexity index is 4350. The average Bonchev–Trinajstić information content (AvgIpc) is 0.700. The van der Waals surface area contributed by atoms with Crippen LogP contribution in [0.1, 0.15) is 198 Å². The van der Waals surface area contributed by atoms with Crippen molar-refractivity contribution in [3.63, 3.8) is 0 Å². The van der Waals surface area contributed by atoms with E-state index >= 15 is 0 Å². The Hall–Kier alpha value is -13.2. The first kappa shape index (κ1) is 118. The molecule has 0 saturated carbocycles. The number of hydrogen-bond donors (Lipinski definition) is 28. The zero-order valence-electron chi connectivity index (χ0n) is 74.0. The molecule has 16 amide bonds. The van der Waals surface area contributed by atoms with Gasteiger partial charge in [0.25, 0.3) is 0 Å². The molecule has 28 N–H and O–H groups in total. The molecule has 0 heterocycles. The van der Waals surface area contributed by atoms with Gasteiger partial charge in [-0.15, -0.1) is 0 Å². The first-order valence-electron chi connectivity index (χ1n) is 42.6. The zero-order chi connectivity index (χ0) is 101. The molecule has 0 radical (unpaired) electrons. The van der Waals surface area contributed by atoms with Gasteiger partial charge in [0.05, 0.1) is 25.3 Å². The molecule has 2 rings (SSSR count). The van der Waals surface area contributed by atoms with Crippen molar-refractivity contribution in [3.8, 4) is 11.5 Å². The third-order valence-corrected chi connectivity index (χ3v) is 21.4. The minimum Gasteiger partial charge on any atom is -0.508 e. The number of amides is 16. The van der Waals surface area contributed by atoms with Gasteiger partial charge in [0.15, 0.2) is 11.6 Å². The molecule has 2 aromatic rings. The van der Waals surface area contributed by atoms with Gasteiger partial charge in [-0.25, -0.2) is 54.8 Å². The maximum absolute atomic E-state index is 15.0. The minimum atomic E-state index is -2.18. The number of benzene rings is 2. The SMILES string of the molecule is COCCOCCCC(=O)[C@@H](CCC(=O)NO)NC(=O)[C@@H](CCC(=O)NO)NC(=O)[C@@H](CCC(=O)NO)NC(=O)[C@@H](CCC(=O)NO)NC(=O)[C@@H](CCC(=O)NO)NC(=O)[C@H](CCC(=O)NO)CC(=O)[C@H](CCC(=O)NO)CC(=O)[C@H](CCC(=O)NO)CC(=O)[C@H](CCC(=O)NO)CC(=O)[C@H](CCC(=O)NO)CC(=O)[C@@H](Cc1ccc(O)cc1)NC(=O)[C@@H](CC(C)=O)Cc1ccc(O)cc1. The van der Waals surface area contributed by atoms with Crippen LogP contribution in [0.2, 0.25) is 0 Å². The van der Waals surface area contributed by atoms with E-state index < -0.39 is 367 Å². The highest BCUT2D eigenvalue weighted by atomic mass is 16.5. The summed E-state index contributed by atoms with van der Waals surface area (Å²) in [6, 6.07) is -0.548. The normalized spacial score (nSPS) is 13.6. The first-order chi connectivity index (χ1) is 64.1. The molecule has 750 valence electrons. The van der Waals surface area contributed by atoms with E-state index in [4.69, 9.17) is 9.47 Å². The predicted octanol–water partition coefficient (Wildman–Crippen LogP) is -3.87. The summed E-state index contributed by atoms with van der Waals surface area (Å²) in [5.74, 6) is -36.5. The van der Waals surface area contributed by atoms with Crippen LogP contribution >= 0.6 is 0 Å². The number of phenolic OH excluding ortho intramolecular Hbond substituents is 2. The smallest absolute Gasteiger partial charge is 0.243 e. The standard InChI is InChI=1S/C82H120N16O37/c1-44(99)36-52(37-45-5-14-53(100)15-6-45)78(119)88-60(38-46-7-16-54(101)17-8-46)66(107)42-50(12-26-70(111)92-127)64(105)40-48(10-24-68(109)90-125)62(103)39-47(9-23-67(108)89-124)63(104)41-49(11-25-69(110)91-126)65(106)43-51(13-27-71(112)93-128)77(118)84-56(19-29-73(114)95-130)80(121)86-58(21-31-75(116)97-132)82(123)87-59(22-32-76(117)98-133)81(122)85-57(20-30-74(115)96-131)79(120)83-55(18-28-72(113)94-129)61(102)4-3-33-135-35-34-134-2/h5-8,14-17,47-52,55-60,100-101,124-133H,3-4,9-13,18-43H2,1-2H3,(H,83,120)(H,84,118)(H,85,122)(H,86,121)(H,87,123)(H,88,119)(H,89,108)(H,90,109)(H,91,110)(H,92,111)(H,93,112)(H,94,113)(H,95,114)(H,96,115)(H,97,116)(H,98,117)/t47-,48-,49-,50-,51-,52+,55-,56-,57-,58-,59-,60-/m1/s1. The second kappa shape index (κ2) is 65.4. The summed E-state index contributed by atoms with van der Waals surface area (Å²) in [7, 11) is 1.41. The van der Waals surface area contributed by atoms with Crippen LogP contribution in [0.5, 0.6) is 11.5 Å². The molecule has 0 unspecified atom stereocenters. The van der Waals surface area contributed by atoms with Crippen LogP contribution in [0, 0.1) is 35.5 Å². The molecule has 0 aliphatic heterocycles. The predicted molar refractivity (Wildman–Crippen MR) is 448 cm³/mol. The molecule has 0 aliphatic rings. The largest absolute Gasteiger partial charge is 0.508 e. The molecule has 53 heteroatoms. The van der Waals surface area contributed by atoms with E-state index in [1.165, 1.54) is 117 Å². The highest BCUT2D eigenvalue weighted by Crippen LogP contribution is 2.31. The van der Waals surface area contributed by atoms with Gasteiger partial charge in [0, 0.05) is 158 Å². The van der Waals surface area contributed by atoms with E-state index in [1.807, 2.05) is 0 Å². The van der Waals surface area contributed by atoms with E-state index in [2.05, 4.69) is 31.9 Å². The molecule has 12 atom stereocenters. The Morgan fingerprint density at radius 2 is 0.496 bits per heavy atom. The summed E-state index contributed by atoms with van der Waals surface area (Å²) in [5.41, 5.74) is 14.0. The quantitative estimate of drug-likeness (QED) is 0.0171. The fourth-order valence-electron chi connectivity index (χ4n) is 13.8. The monoisotopic (exact) mass is 1920 g/mol. The Labute approximate surface area is 770 Å². The number of ketones is 7. The number of hydroxylamine groups is 10. The minimum absolute atomic E-state index is 0.0128. The van der Waals surface area contributed by atoms with E-state index in [0.29, 0.717) is 11.1 Å². The van der Waals surface area contributed by atoms with Gasteiger partial charge < -0.3 is 56.4 Å². The number of Topliss-reactive ketones (excluding diaryl/α,β-unsaturated/α-hetero) is 7. The van der Waals surface area contributed by atoms with Crippen LogP contribution < -0.4 is 86.7 Å². The number of carbonyl (C=O) groups excluding carboxylic acids is 23. The second-order valence-corrected chi connectivity index (χ2v) is 31.5. The molecule has 0 fully saturated rings. The van der Waals surface area contributed by atoms with Crippen LogP contribution in [0.15, 0.2) is 48.5 Å². The van der Waals surface area contributed by atoms with Crippen molar-refractivity contribution < 1.29 is 182 Å². The van der Waals surface area contributed by atoms with Gasteiger partial charge in [-0.05, 0) is 126 Å². The Morgan fingerprint density at radius 3 is 0.793 bits per heavy atom. The van der Waals surface area contributed by atoms with Crippen molar-refractivity contribution in [2.24, 2.45) is 35.5 Å². The van der Waals surface area contributed by atoms with E-state index in [-0.39, 0.29) is 63.4 Å². The topological polar surface area (TPSA) is 846 Å². The van der Waals surface area contributed by atoms with E-state index in [9.17, 15) is 173 Å². The van der Waals surface area contributed by atoms with Crippen LogP contribution in [0.3, 0.4) is 0 Å². The van der Waals surface area contributed by atoms with Gasteiger partial charge in [-0.1, -0.05) is 24.3 Å². The highest BCUT2D eigenvalue weighted by Gasteiger charge is 2.40. The van der Waals surface area contributed by atoms with Crippen molar-refractivity contribution in [1.82, 2.24) is 86.7 Å². The number of aromatic hydroxyl groups is 2. The van der Waals surface area contributed by atoms with Crippen LogP contribution in [0.25, 0.3) is 0 Å². The summed E-state index contributed by atoms with van der Waals surface area (Å²) in [4.78, 5) is 313. The average molecular weight is 1920 g/mol. The molecule has 135 heavy (non-hydrogen) atoms. The Morgan fingerprint density at radius 1 is 0.252 bits per heavy atom. The van der Waals surface area contributed by atoms with Crippen LogP contribution in [0.4, 0.5) is 0 Å². The highest BCUT2D eigenvalue weighted by molar-refractivity contribution is 6.01. The Kier molecular flexibility index (Phi) is 57.1. The lowest BCUT2D eigenvalue weighted by atomic mass is 9.78. The molecule has 0 bridgehead atoms. The lowest BCUT2D eigenvalue weighted by molar-refractivity contribution is -0.138. The summed E-state index contributed by atoms with van der Waals surface area (Å²) < 4.78 is 10.3. The molecule has 0 aromatic heterocycles. The second-order valence-electron chi connectivity index (χ2n) is 31.5. The van der Waals surface area contributed by atoms with Crippen molar-refractivity contribution in [1.29, 1.82) is 0 Å². The number of rotatable bonds is 71. The number of phenols is 2. The summed E-state index contributed by atoms with van der Waals surface area (Å²) in [6.07, 6.45) is -21.4. The van der Waals surface area contributed by atoms with E-state index in [1.54, 1.807) is 0 Å². The number of methoxy groups -OCH3 is 1. The summed E-state index contributed by atoms with van der Waals surface area (Å²) in [5, 5.41) is 128. The lowest BCUT2D eigenvalue weighted by Gasteiger charge is -2.28. The van der Waals surface area contributed by atoms with Crippen molar-refractivity contribution in [3.05, 3.63) is 59.7 Å². The molecule has 0 saturated heterocycles. The van der Waals surface area contributed by atoms with Gasteiger partial charge in [-0.2, -0.15) is 0 Å². The fraction of sp³-hybridized carbons (Fsp3) is 0.573. The van der Waals surface area contributed by atoms with Crippen LogP contribution in [-0.4, -0.2) is 260 Å². The summed E-state index contributed by atoms with van der Waals surface area (Å²) >= 11 is 0. The van der Waals surface area contributed by atoms with Gasteiger partial charge in [0.2, 0.25) is 94.5 Å². The van der Waals surface area contributed by atoms with Crippen molar-refractivity contribution in [2.45, 2.75) is 236 Å². The first-order valence-corrected chi connectivity index (χ1v) is 42.6. The third kappa shape index (κ3) is 47.8. The molecule has 53 nitrogen and oxygen atoms in total. The molecular formula is C82H120N16O37. The van der Waals surface area contributed by atoms with Crippen molar-refractivity contribution >= 4 is 135 Å². The third-order valence-electron chi connectivity index (χ3n) is 21.4. The van der Waals surface area contributed by atoms with Gasteiger partial charge in [0.1, 0.15) is 64.6 Å². The lowest BCUT2D eigenvalue weighted by Crippen LogP contribution is -2.59. The number of carbonyl (C=O) groups is 23. The number of nitrogens with one attached hydrogen (secondary N) is 16.